The van der Waals surface area contributed by atoms with Gasteiger partial charge in [0.1, 0.15) is 0 Å². The number of likely N-dealkylation sites (N-methyl/N-ethyl adjacent to an activating group) is 1. The molecule has 1 heterocycles. The summed E-state index contributed by atoms with van der Waals surface area (Å²) >= 11 is 0. The number of hydrogen-bond donors (Lipinski definition) is 1. The second-order valence-electron chi connectivity index (χ2n) is 9.59. The van der Waals surface area contributed by atoms with Crippen molar-refractivity contribution in [2.75, 3.05) is 13.6 Å². The lowest BCUT2D eigenvalue weighted by molar-refractivity contribution is -0.178. The molecule has 0 aromatic heterocycles. The Kier molecular flexibility index (Phi) is 3.36. The molecule has 2 aliphatic carbocycles. The molecule has 132 valence electrons. The van der Waals surface area contributed by atoms with Crippen LogP contribution in [-0.2, 0) is 11.8 Å². The Morgan fingerprint density at radius 3 is 2.54 bits per heavy atom. The highest BCUT2D eigenvalue weighted by Gasteiger charge is 2.69. The molecule has 2 heteroatoms. The van der Waals surface area contributed by atoms with Gasteiger partial charge in [-0.25, -0.2) is 0 Å². The Hall–Kier alpha value is -0.860. The van der Waals surface area contributed by atoms with Crippen LogP contribution in [0.5, 0.6) is 0 Å². The molecular weight excluding hydrogens is 294 g/mol. The van der Waals surface area contributed by atoms with Crippen LogP contribution in [0.3, 0.4) is 0 Å². The van der Waals surface area contributed by atoms with E-state index in [0.29, 0.717) is 6.04 Å². The van der Waals surface area contributed by atoms with Gasteiger partial charge in [0, 0.05) is 16.9 Å². The Labute approximate surface area is 147 Å². The molecule has 1 saturated heterocycles. The van der Waals surface area contributed by atoms with Crippen LogP contribution < -0.4 is 0 Å². The second kappa shape index (κ2) is 4.86. The molecule has 4 rings (SSSR count). The number of nitrogens with zero attached hydrogens (tertiary/aromatic N) is 1. The van der Waals surface area contributed by atoms with Crippen molar-refractivity contribution >= 4 is 0 Å². The van der Waals surface area contributed by atoms with Crippen molar-refractivity contribution in [2.24, 2.45) is 10.8 Å². The largest absolute Gasteiger partial charge is 0.393 e. The first-order valence-corrected chi connectivity index (χ1v) is 9.65. The van der Waals surface area contributed by atoms with Crippen LogP contribution in [0.25, 0.3) is 0 Å². The van der Waals surface area contributed by atoms with Gasteiger partial charge < -0.3 is 10.0 Å². The number of likely N-dealkylation sites (tertiary alicyclic amines) is 1. The molecule has 2 fully saturated rings. The number of aryl methyl sites for hydroxylation is 1. The summed E-state index contributed by atoms with van der Waals surface area (Å²) in [4.78, 5) is 2.60. The third kappa shape index (κ3) is 1.65. The molecule has 0 spiro atoms. The van der Waals surface area contributed by atoms with Gasteiger partial charge >= 0.3 is 0 Å². The van der Waals surface area contributed by atoms with Crippen molar-refractivity contribution < 1.29 is 5.11 Å². The first kappa shape index (κ1) is 16.6. The number of rotatable bonds is 0. The molecule has 0 radical (unpaired) electrons. The minimum Gasteiger partial charge on any atom is -0.393 e. The van der Waals surface area contributed by atoms with Crippen molar-refractivity contribution in [3.8, 4) is 0 Å². The summed E-state index contributed by atoms with van der Waals surface area (Å²) in [5.74, 6) is 0. The van der Waals surface area contributed by atoms with Gasteiger partial charge in [0.2, 0.25) is 0 Å². The molecule has 2 unspecified atom stereocenters. The highest BCUT2D eigenvalue weighted by molar-refractivity contribution is 5.52. The standard InChI is InChI=1S/C22H33NO/c1-14-7-8-16-13-17-21(5)10-9-18(24)20(3,4)22(21,11-12-23(17)6)19(16)15(14)2/h7-8,17-18,24H,9-13H2,1-6H3/t17-,18?,21?,22-/m0/s1. The summed E-state index contributed by atoms with van der Waals surface area (Å²) in [5.41, 5.74) is 6.25. The topological polar surface area (TPSA) is 23.5 Å². The fraction of sp³-hybridized carbons (Fsp3) is 0.727. The Bertz CT molecular complexity index is 693. The minimum absolute atomic E-state index is 0.0819. The van der Waals surface area contributed by atoms with E-state index in [0.717, 1.165) is 32.2 Å². The molecular formula is C22H33NO. The van der Waals surface area contributed by atoms with Crippen LogP contribution >= 0.6 is 0 Å². The van der Waals surface area contributed by atoms with Crippen LogP contribution in [0.2, 0.25) is 0 Å². The quantitative estimate of drug-likeness (QED) is 0.779. The van der Waals surface area contributed by atoms with E-state index in [-0.39, 0.29) is 22.3 Å². The highest BCUT2D eigenvalue weighted by atomic mass is 16.3. The number of benzene rings is 1. The van der Waals surface area contributed by atoms with E-state index in [9.17, 15) is 5.11 Å². The molecule has 1 aromatic carbocycles. The first-order valence-electron chi connectivity index (χ1n) is 9.65. The number of piperidine rings is 1. The minimum atomic E-state index is -0.208. The molecule has 3 aliphatic rings. The summed E-state index contributed by atoms with van der Waals surface area (Å²) in [6.45, 7) is 12.9. The van der Waals surface area contributed by atoms with Crippen molar-refractivity contribution in [3.63, 3.8) is 0 Å². The van der Waals surface area contributed by atoms with Gasteiger partial charge in [0.05, 0.1) is 6.10 Å². The van der Waals surface area contributed by atoms with Crippen LogP contribution in [0.1, 0.15) is 62.3 Å². The van der Waals surface area contributed by atoms with E-state index < -0.39 is 0 Å². The zero-order valence-electron chi connectivity index (χ0n) is 16.2. The lowest BCUT2D eigenvalue weighted by Crippen LogP contribution is -2.73. The second-order valence-corrected chi connectivity index (χ2v) is 9.59. The van der Waals surface area contributed by atoms with Crippen molar-refractivity contribution in [1.82, 2.24) is 4.90 Å². The molecule has 2 bridgehead atoms. The average Bonchev–Trinajstić information content (AvgIpc) is 2.51. The van der Waals surface area contributed by atoms with Crippen LogP contribution in [0.4, 0.5) is 0 Å². The number of fused-ring (bicyclic) bond motifs is 1. The zero-order chi connectivity index (χ0) is 17.5. The molecule has 0 amide bonds. The molecule has 1 saturated carbocycles. The predicted molar refractivity (Wildman–Crippen MR) is 99.5 cm³/mol. The van der Waals surface area contributed by atoms with Crippen molar-refractivity contribution in [2.45, 2.75) is 77.9 Å². The summed E-state index contributed by atoms with van der Waals surface area (Å²) in [7, 11) is 2.31. The molecule has 2 nitrogen and oxygen atoms in total. The highest BCUT2D eigenvalue weighted by Crippen LogP contribution is 2.69. The van der Waals surface area contributed by atoms with Gasteiger partial charge in [-0.3, -0.25) is 0 Å². The zero-order valence-corrected chi connectivity index (χ0v) is 16.2. The number of aliphatic hydroxyl groups is 1. The summed E-state index contributed by atoms with van der Waals surface area (Å²) in [5, 5.41) is 11.0. The van der Waals surface area contributed by atoms with Crippen molar-refractivity contribution in [1.29, 1.82) is 0 Å². The van der Waals surface area contributed by atoms with E-state index in [1.165, 1.54) is 16.7 Å². The van der Waals surface area contributed by atoms with Crippen molar-refractivity contribution in [3.05, 3.63) is 34.4 Å². The Morgan fingerprint density at radius 2 is 1.83 bits per heavy atom. The lowest BCUT2D eigenvalue weighted by atomic mass is 9.36. The van der Waals surface area contributed by atoms with Crippen LogP contribution in [0.15, 0.2) is 12.1 Å². The van der Waals surface area contributed by atoms with Gasteiger partial charge in [0.25, 0.3) is 0 Å². The maximum Gasteiger partial charge on any atom is 0.0600 e. The predicted octanol–water partition coefficient (Wildman–Crippen LogP) is 3.99. The smallest absolute Gasteiger partial charge is 0.0600 e. The van der Waals surface area contributed by atoms with Gasteiger partial charge in [0.15, 0.2) is 0 Å². The van der Waals surface area contributed by atoms with E-state index in [1.807, 2.05) is 0 Å². The lowest BCUT2D eigenvalue weighted by Gasteiger charge is -2.71. The fourth-order valence-electron chi connectivity index (χ4n) is 7.03. The molecule has 1 aromatic rings. The maximum atomic E-state index is 11.0. The average molecular weight is 328 g/mol. The molecule has 4 atom stereocenters. The van der Waals surface area contributed by atoms with Crippen LogP contribution in [0, 0.1) is 24.7 Å². The molecule has 1 N–H and O–H groups in total. The van der Waals surface area contributed by atoms with E-state index >= 15 is 0 Å². The Morgan fingerprint density at radius 1 is 1.12 bits per heavy atom. The number of hydrogen-bond acceptors (Lipinski definition) is 2. The normalized spacial score (nSPS) is 40.8. The molecule has 1 aliphatic heterocycles. The van der Waals surface area contributed by atoms with Gasteiger partial charge in [-0.05, 0) is 80.8 Å². The van der Waals surface area contributed by atoms with E-state index in [4.69, 9.17) is 0 Å². The Balaban J connectivity index is 2.10. The summed E-state index contributed by atoms with van der Waals surface area (Å²) in [6, 6.07) is 5.27. The van der Waals surface area contributed by atoms with Crippen LogP contribution in [-0.4, -0.2) is 35.7 Å². The third-order valence-electron chi connectivity index (χ3n) is 8.61. The monoisotopic (exact) mass is 327 g/mol. The summed E-state index contributed by atoms with van der Waals surface area (Å²) in [6.07, 6.45) is 4.20. The van der Waals surface area contributed by atoms with E-state index in [1.54, 1.807) is 5.56 Å². The maximum absolute atomic E-state index is 11.0. The van der Waals surface area contributed by atoms with Gasteiger partial charge in [-0.1, -0.05) is 32.9 Å². The fourth-order valence-corrected chi connectivity index (χ4v) is 7.03. The SMILES string of the molecule is Cc1ccc2c(c1C)[C@]13CCN(C)[C@@H](C2)C1(C)CCC(O)C3(C)C. The summed E-state index contributed by atoms with van der Waals surface area (Å²) < 4.78 is 0. The third-order valence-corrected chi connectivity index (χ3v) is 8.61. The first-order chi connectivity index (χ1) is 11.2. The van der Waals surface area contributed by atoms with Gasteiger partial charge in [-0.15, -0.1) is 0 Å². The number of aliphatic hydroxyl groups excluding tert-OH is 1. The van der Waals surface area contributed by atoms with Gasteiger partial charge in [-0.2, -0.15) is 0 Å². The molecule has 24 heavy (non-hydrogen) atoms. The van der Waals surface area contributed by atoms with E-state index in [2.05, 4.69) is 58.7 Å².